The van der Waals surface area contributed by atoms with Crippen LogP contribution >= 0.6 is 0 Å². The molecule has 0 bridgehead atoms. The van der Waals surface area contributed by atoms with Gasteiger partial charge >= 0.3 is 0 Å². The molecule has 2 saturated heterocycles. The third kappa shape index (κ3) is 3.74. The minimum absolute atomic E-state index is 0.173. The van der Waals surface area contributed by atoms with Gasteiger partial charge in [-0.25, -0.2) is 9.97 Å². The Morgan fingerprint density at radius 3 is 2.71 bits per heavy atom. The topological polar surface area (TPSA) is 65.4 Å². The lowest BCUT2D eigenvalue weighted by molar-refractivity contribution is 0.138. The second kappa shape index (κ2) is 7.82. The Bertz CT molecular complexity index is 938. The van der Waals surface area contributed by atoms with Gasteiger partial charge in [0.2, 0.25) is 0 Å². The highest BCUT2D eigenvalue weighted by atomic mass is 16.3. The van der Waals surface area contributed by atoms with E-state index in [0.29, 0.717) is 0 Å². The van der Waals surface area contributed by atoms with Gasteiger partial charge in [-0.1, -0.05) is 0 Å². The molecule has 1 atom stereocenters. The second-order valence-electron chi connectivity index (χ2n) is 10.2. The minimum atomic E-state index is -0.176. The summed E-state index contributed by atoms with van der Waals surface area (Å²) in [6.07, 6.45) is 12.8. The molecule has 6 heteroatoms. The fourth-order valence-electron chi connectivity index (χ4n) is 6.03. The van der Waals surface area contributed by atoms with Gasteiger partial charge in [0.1, 0.15) is 5.82 Å². The largest absolute Gasteiger partial charge is 0.393 e. The van der Waals surface area contributed by atoms with Crippen molar-refractivity contribution in [3.63, 3.8) is 0 Å². The molecule has 4 heterocycles. The Kier molecular flexibility index (Phi) is 4.95. The molecular formula is C25H33N5O. The van der Waals surface area contributed by atoms with Crippen LogP contribution in [-0.2, 0) is 11.8 Å². The molecule has 164 valence electrons. The average molecular weight is 420 g/mol. The Labute approximate surface area is 184 Å². The SMILES string of the molecule is OC1CCN(c2nc(-c3cccnc3)nc3c2CCC32CCCN(CC3CC3)C2)CC1. The van der Waals surface area contributed by atoms with Gasteiger partial charge in [0.25, 0.3) is 0 Å². The van der Waals surface area contributed by atoms with E-state index in [0.717, 1.165) is 62.0 Å². The molecule has 1 saturated carbocycles. The van der Waals surface area contributed by atoms with Crippen molar-refractivity contribution in [2.75, 3.05) is 37.6 Å². The Balaban J connectivity index is 1.41. The van der Waals surface area contributed by atoms with Crippen LogP contribution in [0.2, 0.25) is 0 Å². The van der Waals surface area contributed by atoms with Gasteiger partial charge in [0.15, 0.2) is 5.82 Å². The number of rotatable bonds is 4. The van der Waals surface area contributed by atoms with Gasteiger partial charge < -0.3 is 14.9 Å². The number of hydrogen-bond donors (Lipinski definition) is 1. The maximum absolute atomic E-state index is 10.0. The number of anilines is 1. The van der Waals surface area contributed by atoms with Crippen LogP contribution < -0.4 is 4.90 Å². The number of pyridine rings is 1. The van der Waals surface area contributed by atoms with Crippen LogP contribution in [0.4, 0.5) is 5.82 Å². The van der Waals surface area contributed by atoms with E-state index >= 15 is 0 Å². The Morgan fingerprint density at radius 2 is 1.94 bits per heavy atom. The van der Waals surface area contributed by atoms with E-state index < -0.39 is 0 Å². The number of aliphatic hydroxyl groups excluding tert-OH is 1. The van der Waals surface area contributed by atoms with Crippen LogP contribution in [0.25, 0.3) is 11.4 Å². The normalized spacial score (nSPS) is 27.1. The Hall–Kier alpha value is -2.05. The number of nitrogens with zero attached hydrogens (tertiary/aromatic N) is 5. The molecular weight excluding hydrogens is 386 g/mol. The lowest BCUT2D eigenvalue weighted by atomic mass is 9.77. The molecule has 0 radical (unpaired) electrons. The highest BCUT2D eigenvalue weighted by Gasteiger charge is 2.46. The van der Waals surface area contributed by atoms with Gasteiger partial charge in [-0.3, -0.25) is 4.98 Å². The molecule has 2 aromatic rings. The predicted molar refractivity (Wildman–Crippen MR) is 121 cm³/mol. The van der Waals surface area contributed by atoms with Crippen LogP contribution in [-0.4, -0.2) is 63.8 Å². The second-order valence-corrected chi connectivity index (χ2v) is 10.2. The van der Waals surface area contributed by atoms with E-state index in [-0.39, 0.29) is 11.5 Å². The number of aromatic nitrogens is 3. The minimum Gasteiger partial charge on any atom is -0.393 e. The summed E-state index contributed by atoms with van der Waals surface area (Å²) in [5.74, 6) is 2.86. The molecule has 1 unspecified atom stereocenters. The fourth-order valence-corrected chi connectivity index (χ4v) is 6.03. The fraction of sp³-hybridized carbons (Fsp3) is 0.640. The summed E-state index contributed by atoms with van der Waals surface area (Å²) in [5.41, 5.74) is 3.85. The van der Waals surface area contributed by atoms with Crippen molar-refractivity contribution in [2.45, 2.75) is 62.9 Å². The number of hydrogen-bond acceptors (Lipinski definition) is 6. The van der Waals surface area contributed by atoms with E-state index in [4.69, 9.17) is 9.97 Å². The quantitative estimate of drug-likeness (QED) is 0.821. The zero-order chi connectivity index (χ0) is 20.8. The summed E-state index contributed by atoms with van der Waals surface area (Å²) in [4.78, 5) is 19.8. The molecule has 1 spiro atoms. The van der Waals surface area contributed by atoms with Gasteiger partial charge in [-0.15, -0.1) is 0 Å². The first-order valence-corrected chi connectivity index (χ1v) is 12.2. The number of likely N-dealkylation sites (tertiary alicyclic amines) is 1. The average Bonchev–Trinajstić information content (AvgIpc) is 3.56. The summed E-state index contributed by atoms with van der Waals surface area (Å²) in [6, 6.07) is 4.04. The van der Waals surface area contributed by atoms with Crippen LogP contribution in [0.3, 0.4) is 0 Å². The predicted octanol–water partition coefficient (Wildman–Crippen LogP) is 3.19. The van der Waals surface area contributed by atoms with Gasteiger partial charge in [-0.05, 0) is 76.0 Å². The van der Waals surface area contributed by atoms with Crippen molar-refractivity contribution in [2.24, 2.45) is 5.92 Å². The van der Waals surface area contributed by atoms with Crippen molar-refractivity contribution in [1.82, 2.24) is 19.9 Å². The zero-order valence-corrected chi connectivity index (χ0v) is 18.3. The van der Waals surface area contributed by atoms with Crippen molar-refractivity contribution >= 4 is 5.82 Å². The van der Waals surface area contributed by atoms with Crippen LogP contribution in [0.1, 0.15) is 56.2 Å². The van der Waals surface area contributed by atoms with Crippen molar-refractivity contribution in [3.05, 3.63) is 35.8 Å². The van der Waals surface area contributed by atoms with Crippen LogP contribution in [0.5, 0.6) is 0 Å². The van der Waals surface area contributed by atoms with Crippen molar-refractivity contribution < 1.29 is 5.11 Å². The van der Waals surface area contributed by atoms with Gasteiger partial charge in [0, 0.05) is 55.1 Å². The van der Waals surface area contributed by atoms with Crippen LogP contribution in [0, 0.1) is 5.92 Å². The third-order valence-electron chi connectivity index (χ3n) is 7.89. The first-order chi connectivity index (χ1) is 15.2. The summed E-state index contributed by atoms with van der Waals surface area (Å²) >= 11 is 0. The molecule has 0 amide bonds. The first-order valence-electron chi connectivity index (χ1n) is 12.2. The summed E-state index contributed by atoms with van der Waals surface area (Å²) < 4.78 is 0. The lowest BCUT2D eigenvalue weighted by Gasteiger charge is -2.41. The maximum Gasteiger partial charge on any atom is 0.163 e. The molecule has 2 aliphatic heterocycles. The van der Waals surface area contributed by atoms with Gasteiger partial charge in [0.05, 0.1) is 11.8 Å². The molecule has 2 aliphatic carbocycles. The molecule has 2 aromatic heterocycles. The van der Waals surface area contributed by atoms with E-state index in [9.17, 15) is 5.11 Å². The molecule has 0 aromatic carbocycles. The molecule has 1 N–H and O–H groups in total. The monoisotopic (exact) mass is 419 g/mol. The zero-order valence-electron chi connectivity index (χ0n) is 18.3. The first kappa shape index (κ1) is 19.6. The lowest BCUT2D eigenvalue weighted by Crippen LogP contribution is -2.46. The van der Waals surface area contributed by atoms with E-state index in [2.05, 4.69) is 20.9 Å². The molecule has 3 fully saturated rings. The highest BCUT2D eigenvalue weighted by Crippen LogP contribution is 2.48. The van der Waals surface area contributed by atoms with Crippen molar-refractivity contribution in [1.29, 1.82) is 0 Å². The Morgan fingerprint density at radius 1 is 1.06 bits per heavy atom. The number of aliphatic hydroxyl groups is 1. The number of fused-ring (bicyclic) bond motifs is 2. The van der Waals surface area contributed by atoms with Crippen LogP contribution in [0.15, 0.2) is 24.5 Å². The summed E-state index contributed by atoms with van der Waals surface area (Å²) in [5, 5.41) is 10.0. The highest BCUT2D eigenvalue weighted by molar-refractivity contribution is 5.62. The van der Waals surface area contributed by atoms with Crippen molar-refractivity contribution in [3.8, 4) is 11.4 Å². The number of piperidine rings is 2. The molecule has 4 aliphatic rings. The van der Waals surface area contributed by atoms with E-state index in [1.165, 1.54) is 56.5 Å². The van der Waals surface area contributed by atoms with Gasteiger partial charge in [-0.2, -0.15) is 0 Å². The molecule has 6 nitrogen and oxygen atoms in total. The smallest absolute Gasteiger partial charge is 0.163 e. The third-order valence-corrected chi connectivity index (χ3v) is 7.89. The van der Waals surface area contributed by atoms with E-state index in [1.54, 1.807) is 0 Å². The standard InChI is InChI=1S/C25H33N5O/c31-20-7-13-30(14-8-20)24-21-6-10-25(9-2-12-29(17-25)16-18-4-5-18)22(21)27-23(28-24)19-3-1-11-26-15-19/h1,3,11,15,18,20,31H,2,4-10,12-14,16-17H2. The summed E-state index contributed by atoms with van der Waals surface area (Å²) in [6.45, 7) is 5.41. The molecule has 6 rings (SSSR count). The van der Waals surface area contributed by atoms with E-state index in [1.807, 2.05) is 18.5 Å². The molecule has 31 heavy (non-hydrogen) atoms. The summed E-state index contributed by atoms with van der Waals surface area (Å²) in [7, 11) is 0. The maximum atomic E-state index is 10.0.